The average molecular weight is 306 g/mol. The lowest BCUT2D eigenvalue weighted by Crippen LogP contribution is -2.30. The fourth-order valence-corrected chi connectivity index (χ4v) is 1.64. The van der Waals surface area contributed by atoms with Crippen molar-refractivity contribution >= 4 is 23.5 Å². The molecule has 20 heavy (non-hydrogen) atoms. The Bertz CT molecular complexity index is 523. The summed E-state index contributed by atoms with van der Waals surface area (Å²) >= 11 is 5.41. The van der Waals surface area contributed by atoms with E-state index in [1.54, 1.807) is 6.92 Å². The van der Waals surface area contributed by atoms with Gasteiger partial charge in [0.25, 0.3) is 5.91 Å². The van der Waals surface area contributed by atoms with E-state index in [-0.39, 0.29) is 19.6 Å². The fourth-order valence-electron chi connectivity index (χ4n) is 1.49. The van der Waals surface area contributed by atoms with Gasteiger partial charge >= 0.3 is 5.97 Å². The molecule has 0 aliphatic rings. The molecule has 0 saturated carbocycles. The summed E-state index contributed by atoms with van der Waals surface area (Å²) in [4.78, 5) is 24.2. The molecule has 1 aromatic rings. The smallest absolute Gasteiger partial charge is 0.307 e. The van der Waals surface area contributed by atoms with Crippen molar-refractivity contribution in [2.75, 3.05) is 20.2 Å². The van der Waals surface area contributed by atoms with Crippen molar-refractivity contribution in [2.45, 2.75) is 13.3 Å². The van der Waals surface area contributed by atoms with Crippen LogP contribution in [0.4, 0.5) is 8.78 Å². The van der Waals surface area contributed by atoms with Gasteiger partial charge in [-0.05, 0) is 19.1 Å². The van der Waals surface area contributed by atoms with Crippen LogP contribution >= 0.6 is 11.6 Å². The largest absolute Gasteiger partial charge is 0.466 e. The minimum absolute atomic E-state index is 0.0201. The first-order chi connectivity index (χ1) is 9.36. The quantitative estimate of drug-likeness (QED) is 0.620. The Balaban J connectivity index is 2.74. The summed E-state index contributed by atoms with van der Waals surface area (Å²) in [5, 5.41) is -0.395. The number of carbonyl (C=O) groups excluding carboxylic acids is 2. The van der Waals surface area contributed by atoms with Crippen LogP contribution in [0.2, 0.25) is 5.02 Å². The molecule has 0 unspecified atom stereocenters. The van der Waals surface area contributed by atoms with Crippen molar-refractivity contribution < 1.29 is 23.1 Å². The van der Waals surface area contributed by atoms with Gasteiger partial charge in [-0.1, -0.05) is 11.6 Å². The molecule has 110 valence electrons. The maximum atomic E-state index is 13.6. The predicted octanol–water partition coefficient (Wildman–Crippen LogP) is 2.64. The van der Waals surface area contributed by atoms with E-state index >= 15 is 0 Å². The van der Waals surface area contributed by atoms with Gasteiger partial charge in [0.15, 0.2) is 0 Å². The number of halogens is 3. The second-order valence-corrected chi connectivity index (χ2v) is 4.44. The van der Waals surface area contributed by atoms with Crippen molar-refractivity contribution in [3.8, 4) is 0 Å². The number of ether oxygens (including phenoxy) is 1. The summed E-state index contributed by atoms with van der Waals surface area (Å²) in [5.74, 6) is -2.99. The van der Waals surface area contributed by atoms with Crippen LogP contribution in [-0.4, -0.2) is 37.0 Å². The molecule has 0 aromatic heterocycles. The van der Waals surface area contributed by atoms with Crippen molar-refractivity contribution in [1.29, 1.82) is 0 Å². The molecule has 1 rings (SSSR count). The molecule has 1 amide bonds. The van der Waals surface area contributed by atoms with E-state index in [1.807, 2.05) is 0 Å². The zero-order valence-corrected chi connectivity index (χ0v) is 11.8. The van der Waals surface area contributed by atoms with Crippen LogP contribution in [0, 0.1) is 11.6 Å². The Labute approximate surface area is 120 Å². The molecule has 0 aliphatic carbocycles. The second-order valence-electron chi connectivity index (χ2n) is 4.03. The molecule has 4 nitrogen and oxygen atoms in total. The lowest BCUT2D eigenvalue weighted by molar-refractivity contribution is -0.143. The van der Waals surface area contributed by atoms with E-state index < -0.39 is 34.1 Å². The summed E-state index contributed by atoms with van der Waals surface area (Å²) in [6.45, 7) is 1.95. The van der Waals surface area contributed by atoms with Gasteiger partial charge in [0.05, 0.1) is 23.6 Å². The van der Waals surface area contributed by atoms with Gasteiger partial charge in [-0.25, -0.2) is 8.78 Å². The number of rotatable bonds is 5. The second kappa shape index (κ2) is 7.19. The molecule has 0 atom stereocenters. The predicted molar refractivity (Wildman–Crippen MR) is 69.6 cm³/mol. The highest BCUT2D eigenvalue weighted by Gasteiger charge is 2.19. The van der Waals surface area contributed by atoms with Crippen molar-refractivity contribution in [3.63, 3.8) is 0 Å². The highest BCUT2D eigenvalue weighted by Crippen LogP contribution is 2.20. The minimum atomic E-state index is -0.913. The molecular formula is C13H14ClF2NO3. The Morgan fingerprint density at radius 3 is 2.55 bits per heavy atom. The Morgan fingerprint density at radius 1 is 1.30 bits per heavy atom. The van der Waals surface area contributed by atoms with Gasteiger partial charge in [-0.15, -0.1) is 0 Å². The number of nitrogens with zero attached hydrogens (tertiary/aromatic N) is 1. The van der Waals surface area contributed by atoms with Crippen LogP contribution in [0.25, 0.3) is 0 Å². The van der Waals surface area contributed by atoms with Crippen LogP contribution in [0.1, 0.15) is 23.7 Å². The van der Waals surface area contributed by atoms with E-state index in [0.29, 0.717) is 0 Å². The van der Waals surface area contributed by atoms with Gasteiger partial charge in [0, 0.05) is 13.6 Å². The van der Waals surface area contributed by atoms with Gasteiger partial charge < -0.3 is 9.64 Å². The van der Waals surface area contributed by atoms with E-state index in [1.165, 1.54) is 7.05 Å². The Kier molecular flexibility index (Phi) is 5.88. The summed E-state index contributed by atoms with van der Waals surface area (Å²) in [6.07, 6.45) is -0.0201. The molecule has 1 aromatic carbocycles. The van der Waals surface area contributed by atoms with E-state index in [4.69, 9.17) is 16.3 Å². The lowest BCUT2D eigenvalue weighted by Gasteiger charge is -2.17. The maximum Gasteiger partial charge on any atom is 0.307 e. The first-order valence-corrected chi connectivity index (χ1v) is 6.30. The maximum absolute atomic E-state index is 13.6. The SMILES string of the molecule is CCOC(=O)CCN(C)C(=O)c1cc(F)c(Cl)cc1F. The Hall–Kier alpha value is -1.69. The standard InChI is InChI=1S/C13H14ClF2NO3/c1-3-20-12(18)4-5-17(2)13(19)8-6-11(16)9(14)7-10(8)15/h6-7H,3-5H2,1-2H3. The summed E-state index contributed by atoms with van der Waals surface area (Å²) in [6, 6.07) is 1.48. The fraction of sp³-hybridized carbons (Fsp3) is 0.385. The number of amides is 1. The molecule has 0 N–H and O–H groups in total. The lowest BCUT2D eigenvalue weighted by atomic mass is 10.1. The third-order valence-corrected chi connectivity index (χ3v) is 2.83. The number of esters is 1. The number of benzene rings is 1. The monoisotopic (exact) mass is 305 g/mol. The van der Waals surface area contributed by atoms with Crippen molar-refractivity contribution in [1.82, 2.24) is 4.90 Å². The van der Waals surface area contributed by atoms with Gasteiger partial charge in [0.2, 0.25) is 0 Å². The third kappa shape index (κ3) is 4.16. The molecule has 0 spiro atoms. The van der Waals surface area contributed by atoms with Crippen LogP contribution in [-0.2, 0) is 9.53 Å². The molecule has 7 heteroatoms. The normalized spacial score (nSPS) is 10.2. The summed E-state index contributed by atoms with van der Waals surface area (Å²) < 4.78 is 31.5. The Morgan fingerprint density at radius 2 is 1.95 bits per heavy atom. The van der Waals surface area contributed by atoms with Gasteiger partial charge in [-0.3, -0.25) is 9.59 Å². The van der Waals surface area contributed by atoms with Crippen LogP contribution < -0.4 is 0 Å². The molecule has 0 bridgehead atoms. The number of hydrogen-bond acceptors (Lipinski definition) is 3. The van der Waals surface area contributed by atoms with Gasteiger partial charge in [0.1, 0.15) is 11.6 Å². The topological polar surface area (TPSA) is 46.6 Å². The third-order valence-electron chi connectivity index (χ3n) is 2.54. The average Bonchev–Trinajstić information content (AvgIpc) is 2.39. The number of hydrogen-bond donors (Lipinski definition) is 0. The first kappa shape index (κ1) is 16.4. The van der Waals surface area contributed by atoms with Crippen LogP contribution in [0.15, 0.2) is 12.1 Å². The van der Waals surface area contributed by atoms with Gasteiger partial charge in [-0.2, -0.15) is 0 Å². The van der Waals surface area contributed by atoms with Crippen molar-refractivity contribution in [3.05, 3.63) is 34.4 Å². The molecule has 0 fully saturated rings. The highest BCUT2D eigenvalue weighted by molar-refractivity contribution is 6.30. The van der Waals surface area contributed by atoms with Crippen molar-refractivity contribution in [2.24, 2.45) is 0 Å². The van der Waals surface area contributed by atoms with E-state index in [2.05, 4.69) is 0 Å². The zero-order chi connectivity index (χ0) is 15.3. The summed E-state index contributed by atoms with van der Waals surface area (Å²) in [7, 11) is 1.38. The number of carbonyl (C=O) groups is 2. The molecule has 0 saturated heterocycles. The van der Waals surface area contributed by atoms with Crippen LogP contribution in [0.5, 0.6) is 0 Å². The molecule has 0 radical (unpaired) electrons. The molecule has 0 heterocycles. The highest BCUT2D eigenvalue weighted by atomic mass is 35.5. The van der Waals surface area contributed by atoms with E-state index in [9.17, 15) is 18.4 Å². The van der Waals surface area contributed by atoms with Crippen LogP contribution in [0.3, 0.4) is 0 Å². The summed E-state index contributed by atoms with van der Waals surface area (Å²) in [5.41, 5.74) is -0.432. The van der Waals surface area contributed by atoms with E-state index in [0.717, 1.165) is 17.0 Å². The first-order valence-electron chi connectivity index (χ1n) is 5.92. The zero-order valence-electron chi connectivity index (χ0n) is 11.1. The molecular weight excluding hydrogens is 292 g/mol. The molecule has 0 aliphatic heterocycles. The minimum Gasteiger partial charge on any atom is -0.466 e.